The number of benzene rings is 1. The molecule has 1 atom stereocenters. The Kier molecular flexibility index (Phi) is 4.74. The molecular weight excluding hydrogens is 254 g/mol. The molecule has 0 bridgehead atoms. The molecule has 1 aliphatic rings. The summed E-state index contributed by atoms with van der Waals surface area (Å²) in [5, 5.41) is 3.26. The average molecular weight is 275 g/mol. The van der Waals surface area contributed by atoms with E-state index in [1.807, 2.05) is 12.1 Å². The van der Waals surface area contributed by atoms with Crippen molar-refractivity contribution >= 4 is 11.8 Å². The highest BCUT2D eigenvalue weighted by Crippen LogP contribution is 2.12. The van der Waals surface area contributed by atoms with Crippen molar-refractivity contribution in [1.29, 1.82) is 0 Å². The van der Waals surface area contributed by atoms with Crippen LogP contribution in [0.2, 0.25) is 0 Å². The van der Waals surface area contributed by atoms with Crippen LogP contribution in [0.5, 0.6) is 0 Å². The van der Waals surface area contributed by atoms with Gasteiger partial charge in [0.1, 0.15) is 0 Å². The Bertz CT molecular complexity index is 478. The minimum absolute atomic E-state index is 0.0568. The van der Waals surface area contributed by atoms with Crippen molar-refractivity contribution in [3.63, 3.8) is 0 Å². The number of piperidine rings is 1. The Morgan fingerprint density at radius 3 is 2.55 bits per heavy atom. The van der Waals surface area contributed by atoms with Gasteiger partial charge < -0.3 is 16.0 Å². The molecular formula is C15H21N3O2. The number of nitrogens with zero attached hydrogens (tertiary/aromatic N) is 1. The third-order valence-corrected chi connectivity index (χ3v) is 3.64. The zero-order valence-electron chi connectivity index (χ0n) is 11.8. The standard InChI is InChI=1S/C15H21N3O2/c1-18(15(20)13-4-2-3-9-17-13)10-11-5-7-12(8-6-11)14(16)19/h5-8,13,17H,2-4,9-10H2,1H3,(H2,16,19). The molecule has 20 heavy (non-hydrogen) atoms. The van der Waals surface area contributed by atoms with E-state index in [1.165, 1.54) is 0 Å². The lowest BCUT2D eigenvalue weighted by Crippen LogP contribution is -2.46. The van der Waals surface area contributed by atoms with Crippen molar-refractivity contribution in [3.8, 4) is 0 Å². The normalized spacial score (nSPS) is 18.6. The molecule has 0 aliphatic carbocycles. The number of carbonyl (C=O) groups excluding carboxylic acids is 2. The molecule has 1 aromatic carbocycles. The number of hydrogen-bond donors (Lipinski definition) is 2. The maximum atomic E-state index is 12.3. The van der Waals surface area contributed by atoms with Gasteiger partial charge in [0.2, 0.25) is 11.8 Å². The van der Waals surface area contributed by atoms with Crippen molar-refractivity contribution in [1.82, 2.24) is 10.2 Å². The number of likely N-dealkylation sites (N-methyl/N-ethyl adjacent to an activating group) is 1. The zero-order chi connectivity index (χ0) is 14.5. The smallest absolute Gasteiger partial charge is 0.248 e. The van der Waals surface area contributed by atoms with E-state index in [-0.39, 0.29) is 11.9 Å². The van der Waals surface area contributed by atoms with E-state index in [0.29, 0.717) is 12.1 Å². The molecule has 3 N–H and O–H groups in total. The Labute approximate surface area is 119 Å². The van der Waals surface area contributed by atoms with Crippen molar-refractivity contribution in [2.45, 2.75) is 31.8 Å². The van der Waals surface area contributed by atoms with E-state index in [0.717, 1.165) is 31.4 Å². The fourth-order valence-electron chi connectivity index (χ4n) is 2.45. The highest BCUT2D eigenvalue weighted by Gasteiger charge is 2.23. The first-order valence-electron chi connectivity index (χ1n) is 6.95. The molecule has 1 fully saturated rings. The highest BCUT2D eigenvalue weighted by atomic mass is 16.2. The van der Waals surface area contributed by atoms with Crippen LogP contribution in [-0.2, 0) is 11.3 Å². The maximum Gasteiger partial charge on any atom is 0.248 e. The summed E-state index contributed by atoms with van der Waals surface area (Å²) in [4.78, 5) is 25.0. The molecule has 108 valence electrons. The Balaban J connectivity index is 1.94. The molecule has 2 amide bonds. The third-order valence-electron chi connectivity index (χ3n) is 3.64. The lowest BCUT2D eigenvalue weighted by atomic mass is 10.0. The molecule has 0 spiro atoms. The lowest BCUT2D eigenvalue weighted by molar-refractivity contribution is -0.133. The van der Waals surface area contributed by atoms with Crippen LogP contribution in [0.15, 0.2) is 24.3 Å². The van der Waals surface area contributed by atoms with Gasteiger partial charge in [-0.2, -0.15) is 0 Å². The van der Waals surface area contributed by atoms with Gasteiger partial charge in [-0.05, 0) is 37.1 Å². The van der Waals surface area contributed by atoms with Gasteiger partial charge >= 0.3 is 0 Å². The largest absolute Gasteiger partial charge is 0.366 e. The van der Waals surface area contributed by atoms with Gasteiger partial charge in [-0.3, -0.25) is 9.59 Å². The number of rotatable bonds is 4. The molecule has 1 unspecified atom stereocenters. The van der Waals surface area contributed by atoms with Crippen LogP contribution in [-0.4, -0.2) is 36.3 Å². The van der Waals surface area contributed by atoms with E-state index in [9.17, 15) is 9.59 Å². The average Bonchev–Trinajstić information content (AvgIpc) is 2.48. The number of nitrogens with one attached hydrogen (secondary N) is 1. The third kappa shape index (κ3) is 3.57. The van der Waals surface area contributed by atoms with E-state index in [1.54, 1.807) is 24.1 Å². The second-order valence-electron chi connectivity index (χ2n) is 5.26. The lowest BCUT2D eigenvalue weighted by Gasteiger charge is -2.27. The number of hydrogen-bond acceptors (Lipinski definition) is 3. The van der Waals surface area contributed by atoms with Crippen molar-refractivity contribution in [3.05, 3.63) is 35.4 Å². The molecule has 0 aromatic heterocycles. The number of amides is 2. The van der Waals surface area contributed by atoms with E-state index in [4.69, 9.17) is 5.73 Å². The van der Waals surface area contributed by atoms with Gasteiger partial charge in [0.15, 0.2) is 0 Å². The Morgan fingerprint density at radius 2 is 2.00 bits per heavy atom. The first-order chi connectivity index (χ1) is 9.58. The molecule has 1 aliphatic heterocycles. The molecule has 1 saturated heterocycles. The SMILES string of the molecule is CN(Cc1ccc(C(N)=O)cc1)C(=O)C1CCCCN1. The summed E-state index contributed by atoms with van der Waals surface area (Å²) in [5.74, 6) is -0.309. The second-order valence-corrected chi connectivity index (χ2v) is 5.26. The summed E-state index contributed by atoms with van der Waals surface area (Å²) in [6.07, 6.45) is 3.15. The van der Waals surface area contributed by atoms with Gasteiger partial charge in [0.05, 0.1) is 6.04 Å². The van der Waals surface area contributed by atoms with Crippen molar-refractivity contribution in [2.75, 3.05) is 13.6 Å². The predicted octanol–water partition coefficient (Wildman–Crippen LogP) is 0.886. The first kappa shape index (κ1) is 14.5. The van der Waals surface area contributed by atoms with E-state index < -0.39 is 5.91 Å². The van der Waals surface area contributed by atoms with E-state index >= 15 is 0 Å². The van der Waals surface area contributed by atoms with Crippen LogP contribution in [0.3, 0.4) is 0 Å². The Hall–Kier alpha value is -1.88. The van der Waals surface area contributed by atoms with Crippen LogP contribution in [0.1, 0.15) is 35.2 Å². The monoisotopic (exact) mass is 275 g/mol. The summed E-state index contributed by atoms with van der Waals surface area (Å²) in [6.45, 7) is 1.45. The van der Waals surface area contributed by atoms with Crippen LogP contribution in [0.4, 0.5) is 0 Å². The van der Waals surface area contributed by atoms with Crippen LogP contribution in [0.25, 0.3) is 0 Å². The molecule has 1 heterocycles. The van der Waals surface area contributed by atoms with Gasteiger partial charge in [0, 0.05) is 19.2 Å². The minimum atomic E-state index is -0.438. The van der Waals surface area contributed by atoms with Gasteiger partial charge in [0.25, 0.3) is 0 Å². The Morgan fingerprint density at radius 1 is 1.30 bits per heavy atom. The van der Waals surface area contributed by atoms with Crippen LogP contribution >= 0.6 is 0 Å². The molecule has 1 aromatic rings. The van der Waals surface area contributed by atoms with Crippen LogP contribution < -0.4 is 11.1 Å². The minimum Gasteiger partial charge on any atom is -0.366 e. The molecule has 2 rings (SSSR count). The van der Waals surface area contributed by atoms with Gasteiger partial charge in [-0.25, -0.2) is 0 Å². The number of carbonyl (C=O) groups is 2. The highest BCUT2D eigenvalue weighted by molar-refractivity contribution is 5.92. The second kappa shape index (κ2) is 6.52. The van der Waals surface area contributed by atoms with E-state index in [2.05, 4.69) is 5.32 Å². The molecule has 5 heteroatoms. The zero-order valence-corrected chi connectivity index (χ0v) is 11.8. The predicted molar refractivity (Wildman–Crippen MR) is 77.1 cm³/mol. The van der Waals surface area contributed by atoms with Crippen LogP contribution in [0, 0.1) is 0 Å². The summed E-state index contributed by atoms with van der Waals surface area (Å²) in [5.41, 5.74) is 6.67. The van der Waals surface area contributed by atoms with Crippen molar-refractivity contribution < 1.29 is 9.59 Å². The van der Waals surface area contributed by atoms with Gasteiger partial charge in [-0.15, -0.1) is 0 Å². The summed E-state index contributed by atoms with van der Waals surface area (Å²) >= 11 is 0. The van der Waals surface area contributed by atoms with Gasteiger partial charge in [-0.1, -0.05) is 18.6 Å². The summed E-state index contributed by atoms with van der Waals surface area (Å²) in [6, 6.07) is 6.98. The van der Waals surface area contributed by atoms with Crippen molar-refractivity contribution in [2.24, 2.45) is 5.73 Å². The topological polar surface area (TPSA) is 75.4 Å². The number of nitrogens with two attached hydrogens (primary N) is 1. The fraction of sp³-hybridized carbons (Fsp3) is 0.467. The fourth-order valence-corrected chi connectivity index (χ4v) is 2.45. The summed E-state index contributed by atoms with van der Waals surface area (Å²) < 4.78 is 0. The quantitative estimate of drug-likeness (QED) is 0.856. The molecule has 0 saturated carbocycles. The number of primary amides is 1. The summed E-state index contributed by atoms with van der Waals surface area (Å²) in [7, 11) is 1.81. The molecule has 5 nitrogen and oxygen atoms in total. The first-order valence-corrected chi connectivity index (χ1v) is 6.95. The molecule has 0 radical (unpaired) electrons. The maximum absolute atomic E-state index is 12.3.